The lowest BCUT2D eigenvalue weighted by Crippen LogP contribution is -2.19. The standard InChI is InChI=1S/C12H16ClFO2/c1-8(16-2)6-9(15)7-10-11(13)4-3-5-12(10)14/h3-5,8-9,15H,6-7H2,1-2H3. The van der Waals surface area contributed by atoms with Gasteiger partial charge in [0, 0.05) is 24.1 Å². The quantitative estimate of drug-likeness (QED) is 0.866. The highest BCUT2D eigenvalue weighted by atomic mass is 35.5. The molecular formula is C12H16ClFO2. The van der Waals surface area contributed by atoms with Gasteiger partial charge in [-0.15, -0.1) is 0 Å². The van der Waals surface area contributed by atoms with Crippen molar-refractivity contribution in [2.24, 2.45) is 0 Å². The SMILES string of the molecule is COC(C)CC(O)Cc1c(F)cccc1Cl. The van der Waals surface area contributed by atoms with Crippen LogP contribution in [-0.2, 0) is 11.2 Å². The van der Waals surface area contributed by atoms with E-state index in [4.69, 9.17) is 16.3 Å². The smallest absolute Gasteiger partial charge is 0.127 e. The summed E-state index contributed by atoms with van der Waals surface area (Å²) >= 11 is 5.86. The molecule has 0 heterocycles. The highest BCUT2D eigenvalue weighted by Gasteiger charge is 2.15. The largest absolute Gasteiger partial charge is 0.393 e. The molecule has 1 aromatic rings. The van der Waals surface area contributed by atoms with E-state index in [-0.39, 0.29) is 18.3 Å². The topological polar surface area (TPSA) is 29.5 Å². The van der Waals surface area contributed by atoms with Gasteiger partial charge in [-0.25, -0.2) is 4.39 Å². The Morgan fingerprint density at radius 1 is 1.50 bits per heavy atom. The van der Waals surface area contributed by atoms with E-state index in [0.29, 0.717) is 17.0 Å². The van der Waals surface area contributed by atoms with Crippen LogP contribution in [0.1, 0.15) is 18.9 Å². The van der Waals surface area contributed by atoms with Gasteiger partial charge in [0.1, 0.15) is 5.82 Å². The van der Waals surface area contributed by atoms with Crippen LogP contribution in [0.25, 0.3) is 0 Å². The minimum atomic E-state index is -0.649. The molecule has 0 fully saturated rings. The normalized spacial score (nSPS) is 14.8. The maximum atomic E-state index is 13.4. The highest BCUT2D eigenvalue weighted by Crippen LogP contribution is 2.21. The van der Waals surface area contributed by atoms with Crippen LogP contribution in [0, 0.1) is 5.82 Å². The number of rotatable bonds is 5. The van der Waals surface area contributed by atoms with E-state index in [2.05, 4.69) is 0 Å². The fraction of sp³-hybridized carbons (Fsp3) is 0.500. The molecule has 2 nitrogen and oxygen atoms in total. The summed E-state index contributed by atoms with van der Waals surface area (Å²) in [7, 11) is 1.58. The van der Waals surface area contributed by atoms with Crippen LogP contribution in [0.15, 0.2) is 18.2 Å². The fourth-order valence-electron chi connectivity index (χ4n) is 1.53. The van der Waals surface area contributed by atoms with Crippen molar-refractivity contribution in [2.45, 2.75) is 32.0 Å². The maximum Gasteiger partial charge on any atom is 0.127 e. The second kappa shape index (κ2) is 6.18. The number of hydrogen-bond acceptors (Lipinski definition) is 2. The molecule has 0 aromatic heterocycles. The van der Waals surface area contributed by atoms with Gasteiger partial charge in [0.25, 0.3) is 0 Å². The Kier molecular flexibility index (Phi) is 5.19. The van der Waals surface area contributed by atoms with Gasteiger partial charge in [-0.1, -0.05) is 17.7 Å². The van der Waals surface area contributed by atoms with Gasteiger partial charge < -0.3 is 9.84 Å². The van der Waals surface area contributed by atoms with Crippen molar-refractivity contribution in [3.05, 3.63) is 34.6 Å². The molecule has 4 heteroatoms. The van der Waals surface area contributed by atoms with Gasteiger partial charge in [0.05, 0.1) is 12.2 Å². The van der Waals surface area contributed by atoms with E-state index in [1.165, 1.54) is 6.07 Å². The zero-order chi connectivity index (χ0) is 12.1. The predicted octanol–water partition coefficient (Wildman–Crippen LogP) is 2.81. The van der Waals surface area contributed by atoms with Crippen molar-refractivity contribution in [1.82, 2.24) is 0 Å². The molecule has 0 aliphatic rings. The zero-order valence-corrected chi connectivity index (χ0v) is 10.2. The number of ether oxygens (including phenoxy) is 1. The third-order valence-corrected chi connectivity index (χ3v) is 2.86. The van der Waals surface area contributed by atoms with Gasteiger partial charge in [-0.05, 0) is 25.5 Å². The second-order valence-corrected chi connectivity index (χ2v) is 4.25. The molecule has 90 valence electrons. The van der Waals surface area contributed by atoms with E-state index in [0.717, 1.165) is 0 Å². The summed E-state index contributed by atoms with van der Waals surface area (Å²) in [5, 5.41) is 10.1. The lowest BCUT2D eigenvalue weighted by Gasteiger charge is -2.16. The molecule has 0 saturated heterocycles. The summed E-state index contributed by atoms with van der Waals surface area (Å²) in [6.07, 6.45) is -0.0368. The van der Waals surface area contributed by atoms with Crippen LogP contribution in [0.4, 0.5) is 4.39 Å². The molecule has 1 rings (SSSR count). The average molecular weight is 247 g/mol. The molecule has 0 spiro atoms. The molecule has 0 aliphatic heterocycles. The Morgan fingerprint density at radius 3 is 2.75 bits per heavy atom. The van der Waals surface area contributed by atoms with Crippen LogP contribution in [0.3, 0.4) is 0 Å². The molecule has 0 aliphatic carbocycles. The van der Waals surface area contributed by atoms with Gasteiger partial charge in [0.2, 0.25) is 0 Å². The molecule has 0 amide bonds. The molecule has 2 atom stereocenters. The first-order valence-electron chi connectivity index (χ1n) is 5.18. The third kappa shape index (κ3) is 3.74. The number of methoxy groups -OCH3 is 1. The summed E-state index contributed by atoms with van der Waals surface area (Å²) < 4.78 is 18.4. The minimum absolute atomic E-state index is 0.0550. The van der Waals surface area contributed by atoms with E-state index >= 15 is 0 Å². The van der Waals surface area contributed by atoms with Crippen molar-refractivity contribution in [3.63, 3.8) is 0 Å². The molecule has 1 N–H and O–H groups in total. The van der Waals surface area contributed by atoms with E-state index in [1.807, 2.05) is 6.92 Å². The van der Waals surface area contributed by atoms with Crippen molar-refractivity contribution in [2.75, 3.05) is 7.11 Å². The number of halogens is 2. The number of aliphatic hydroxyl groups excluding tert-OH is 1. The van der Waals surface area contributed by atoms with E-state index in [9.17, 15) is 9.50 Å². The van der Waals surface area contributed by atoms with E-state index < -0.39 is 6.10 Å². The van der Waals surface area contributed by atoms with Crippen LogP contribution >= 0.6 is 11.6 Å². The Balaban J connectivity index is 2.66. The molecular weight excluding hydrogens is 231 g/mol. The van der Waals surface area contributed by atoms with Crippen molar-refractivity contribution >= 4 is 11.6 Å². The molecule has 0 saturated carbocycles. The Bertz CT molecular complexity index is 324. The van der Waals surface area contributed by atoms with Crippen LogP contribution in [-0.4, -0.2) is 24.4 Å². The lowest BCUT2D eigenvalue weighted by molar-refractivity contribution is 0.0562. The average Bonchev–Trinajstić information content (AvgIpc) is 2.23. The summed E-state index contributed by atoms with van der Waals surface area (Å²) in [6, 6.07) is 4.51. The maximum absolute atomic E-state index is 13.4. The zero-order valence-electron chi connectivity index (χ0n) is 9.41. The summed E-state index contributed by atoms with van der Waals surface area (Å²) in [5.74, 6) is -0.378. The highest BCUT2D eigenvalue weighted by molar-refractivity contribution is 6.31. The number of aliphatic hydroxyl groups is 1. The third-order valence-electron chi connectivity index (χ3n) is 2.51. The molecule has 0 bridgehead atoms. The molecule has 0 radical (unpaired) electrons. The Labute approximate surface area is 100.0 Å². The van der Waals surface area contributed by atoms with Crippen LogP contribution < -0.4 is 0 Å². The monoisotopic (exact) mass is 246 g/mol. The first-order valence-corrected chi connectivity index (χ1v) is 5.56. The first-order chi connectivity index (χ1) is 7.54. The molecule has 1 aromatic carbocycles. The van der Waals surface area contributed by atoms with Crippen molar-refractivity contribution < 1.29 is 14.2 Å². The summed E-state index contributed by atoms with van der Waals surface area (Å²) in [6.45, 7) is 1.85. The number of hydrogen-bond donors (Lipinski definition) is 1. The molecule has 16 heavy (non-hydrogen) atoms. The summed E-state index contributed by atoms with van der Waals surface area (Å²) in [4.78, 5) is 0. The molecule has 2 unspecified atom stereocenters. The van der Waals surface area contributed by atoms with Gasteiger partial charge in [0.15, 0.2) is 0 Å². The van der Waals surface area contributed by atoms with Crippen molar-refractivity contribution in [1.29, 1.82) is 0 Å². The Morgan fingerprint density at radius 2 is 2.19 bits per heavy atom. The van der Waals surface area contributed by atoms with Gasteiger partial charge >= 0.3 is 0 Å². The van der Waals surface area contributed by atoms with Crippen LogP contribution in [0.5, 0.6) is 0 Å². The first kappa shape index (κ1) is 13.4. The number of benzene rings is 1. The van der Waals surface area contributed by atoms with Crippen molar-refractivity contribution in [3.8, 4) is 0 Å². The second-order valence-electron chi connectivity index (χ2n) is 3.84. The Hall–Kier alpha value is -0.640. The predicted molar refractivity (Wildman–Crippen MR) is 62.2 cm³/mol. The minimum Gasteiger partial charge on any atom is -0.393 e. The summed E-state index contributed by atoms with van der Waals surface area (Å²) in [5.41, 5.74) is 0.361. The van der Waals surface area contributed by atoms with Crippen LogP contribution in [0.2, 0.25) is 5.02 Å². The van der Waals surface area contributed by atoms with Gasteiger partial charge in [-0.3, -0.25) is 0 Å². The van der Waals surface area contributed by atoms with Gasteiger partial charge in [-0.2, -0.15) is 0 Å². The lowest BCUT2D eigenvalue weighted by atomic mass is 10.0. The fourth-order valence-corrected chi connectivity index (χ4v) is 1.77. The van der Waals surface area contributed by atoms with E-state index in [1.54, 1.807) is 19.2 Å².